The molecule has 3 aromatic carbocycles. The van der Waals surface area contributed by atoms with Crippen molar-refractivity contribution in [1.82, 2.24) is 5.32 Å². The highest BCUT2D eigenvalue weighted by atomic mass is 32.2. The molecule has 1 amide bonds. The van der Waals surface area contributed by atoms with Gasteiger partial charge in [0.2, 0.25) is 0 Å². The highest BCUT2D eigenvalue weighted by Gasteiger charge is 2.37. The van der Waals surface area contributed by atoms with Gasteiger partial charge < -0.3 is 10.1 Å². The van der Waals surface area contributed by atoms with Gasteiger partial charge in [-0.1, -0.05) is 61.5 Å². The second-order valence-electron chi connectivity index (χ2n) is 7.98. The molecule has 0 aliphatic carbocycles. The third-order valence-corrected chi connectivity index (χ3v) is 7.35. The molecule has 1 heterocycles. The van der Waals surface area contributed by atoms with Crippen molar-refractivity contribution in [2.45, 2.75) is 30.8 Å². The summed E-state index contributed by atoms with van der Waals surface area (Å²) in [5.74, 6) is 0.146. The Balaban J connectivity index is 1.57. The molecule has 4 rings (SSSR count). The molecule has 0 fully saturated rings. The fourth-order valence-electron chi connectivity index (χ4n) is 3.71. The zero-order valence-electron chi connectivity index (χ0n) is 18.1. The van der Waals surface area contributed by atoms with Gasteiger partial charge in [-0.05, 0) is 48.2 Å². The van der Waals surface area contributed by atoms with Gasteiger partial charge in [0, 0.05) is 6.54 Å². The Labute approximate surface area is 188 Å². The normalized spacial score (nSPS) is 16.6. The van der Waals surface area contributed by atoms with Gasteiger partial charge in [0.1, 0.15) is 5.75 Å². The monoisotopic (exact) mass is 450 g/mol. The molecule has 0 saturated heterocycles. The van der Waals surface area contributed by atoms with Crippen LogP contribution in [0.4, 0.5) is 5.69 Å². The molecule has 3 aromatic rings. The van der Waals surface area contributed by atoms with Gasteiger partial charge in [-0.2, -0.15) is 0 Å². The summed E-state index contributed by atoms with van der Waals surface area (Å²) in [5, 5.41) is 2.92. The molecule has 6 nitrogen and oxygen atoms in total. The summed E-state index contributed by atoms with van der Waals surface area (Å²) in [6.45, 7) is 4.24. The van der Waals surface area contributed by atoms with Gasteiger partial charge in [-0.15, -0.1) is 0 Å². The van der Waals surface area contributed by atoms with E-state index in [0.29, 0.717) is 18.0 Å². The summed E-state index contributed by atoms with van der Waals surface area (Å²) in [6, 6.07) is 23.4. The van der Waals surface area contributed by atoms with Crippen molar-refractivity contribution in [3.8, 4) is 5.75 Å². The molecule has 166 valence electrons. The van der Waals surface area contributed by atoms with Crippen molar-refractivity contribution in [2.24, 2.45) is 0 Å². The minimum atomic E-state index is -3.86. The van der Waals surface area contributed by atoms with Crippen molar-refractivity contribution in [3.05, 3.63) is 90.0 Å². The first-order valence-corrected chi connectivity index (χ1v) is 12.0. The fourth-order valence-corrected chi connectivity index (χ4v) is 5.20. The first-order chi connectivity index (χ1) is 15.4. The van der Waals surface area contributed by atoms with E-state index in [2.05, 4.69) is 5.32 Å². The molecular formula is C25H26N2O4S. The van der Waals surface area contributed by atoms with Crippen molar-refractivity contribution < 1.29 is 17.9 Å². The molecule has 0 aromatic heterocycles. The number of amides is 1. The van der Waals surface area contributed by atoms with E-state index in [1.54, 1.807) is 42.5 Å². The first-order valence-electron chi connectivity index (χ1n) is 10.5. The number of anilines is 1. The second-order valence-corrected chi connectivity index (χ2v) is 9.85. The fraction of sp³-hybridized carbons (Fsp3) is 0.240. The van der Waals surface area contributed by atoms with Crippen LogP contribution < -0.4 is 14.4 Å². The number of aryl methyl sites for hydroxylation is 1. The SMILES string of the molecule is Cc1ccc2c(c1)N(S(=O)(=O)c1ccccc1)CC(C(=O)NCC(C)c1ccccc1)O2. The van der Waals surface area contributed by atoms with Crippen LogP contribution in [0.2, 0.25) is 0 Å². The Morgan fingerprint density at radius 2 is 1.72 bits per heavy atom. The summed E-state index contributed by atoms with van der Waals surface area (Å²) < 4.78 is 34.0. The number of hydrogen-bond donors (Lipinski definition) is 1. The molecule has 0 radical (unpaired) electrons. The van der Waals surface area contributed by atoms with E-state index < -0.39 is 16.1 Å². The molecule has 2 unspecified atom stereocenters. The molecule has 0 bridgehead atoms. The highest BCUT2D eigenvalue weighted by Crippen LogP contribution is 2.37. The maximum absolute atomic E-state index is 13.4. The van der Waals surface area contributed by atoms with Crippen LogP contribution in [-0.2, 0) is 14.8 Å². The summed E-state index contributed by atoms with van der Waals surface area (Å²) in [6.07, 6.45) is -0.952. The van der Waals surface area contributed by atoms with Crippen LogP contribution in [0.5, 0.6) is 5.75 Å². The smallest absolute Gasteiger partial charge is 0.264 e. The van der Waals surface area contributed by atoms with E-state index in [1.165, 1.54) is 4.31 Å². The summed E-state index contributed by atoms with van der Waals surface area (Å²) in [7, 11) is -3.86. The Hall–Kier alpha value is -3.32. The Kier molecular flexibility index (Phi) is 6.19. The second kappa shape index (κ2) is 9.04. The first kappa shape index (κ1) is 21.9. The number of benzene rings is 3. The van der Waals surface area contributed by atoms with Crippen LogP contribution in [0.15, 0.2) is 83.8 Å². The number of rotatable bonds is 6. The zero-order valence-corrected chi connectivity index (χ0v) is 18.9. The van der Waals surface area contributed by atoms with E-state index in [9.17, 15) is 13.2 Å². The number of ether oxygens (including phenoxy) is 1. The number of fused-ring (bicyclic) bond motifs is 1. The average molecular weight is 451 g/mol. The Morgan fingerprint density at radius 3 is 2.41 bits per heavy atom. The largest absolute Gasteiger partial charge is 0.476 e. The lowest BCUT2D eigenvalue weighted by atomic mass is 10.0. The van der Waals surface area contributed by atoms with E-state index in [0.717, 1.165) is 11.1 Å². The number of hydrogen-bond acceptors (Lipinski definition) is 4. The predicted molar refractivity (Wildman–Crippen MR) is 124 cm³/mol. The quantitative estimate of drug-likeness (QED) is 0.619. The molecule has 0 spiro atoms. The molecule has 1 aliphatic rings. The predicted octanol–water partition coefficient (Wildman–Crippen LogP) is 3.87. The molecule has 1 aliphatic heterocycles. The van der Waals surface area contributed by atoms with Crippen molar-refractivity contribution in [1.29, 1.82) is 0 Å². The topological polar surface area (TPSA) is 75.7 Å². The molecular weight excluding hydrogens is 424 g/mol. The van der Waals surface area contributed by atoms with E-state index in [4.69, 9.17) is 4.74 Å². The average Bonchev–Trinajstić information content (AvgIpc) is 2.82. The van der Waals surface area contributed by atoms with Crippen LogP contribution in [0.25, 0.3) is 0 Å². The van der Waals surface area contributed by atoms with Gasteiger partial charge in [0.25, 0.3) is 15.9 Å². The van der Waals surface area contributed by atoms with Gasteiger partial charge in [-0.3, -0.25) is 9.10 Å². The van der Waals surface area contributed by atoms with E-state index >= 15 is 0 Å². The number of nitrogens with one attached hydrogen (secondary N) is 1. The lowest BCUT2D eigenvalue weighted by molar-refractivity contribution is -0.127. The standard InChI is InChI=1S/C25H26N2O4S/c1-18-13-14-23-22(15-18)27(32(29,30)21-11-7-4-8-12-21)17-24(31-23)25(28)26-16-19(2)20-9-5-3-6-10-20/h3-15,19,24H,16-17H2,1-2H3,(H,26,28). The van der Waals surface area contributed by atoms with Crippen molar-refractivity contribution in [3.63, 3.8) is 0 Å². The third kappa shape index (κ3) is 4.48. The van der Waals surface area contributed by atoms with E-state index in [1.807, 2.05) is 50.2 Å². The van der Waals surface area contributed by atoms with Crippen LogP contribution in [-0.4, -0.2) is 33.5 Å². The number of carbonyl (C=O) groups is 1. The lowest BCUT2D eigenvalue weighted by Crippen LogP contribution is -2.51. The molecule has 7 heteroatoms. The molecule has 0 saturated carbocycles. The highest BCUT2D eigenvalue weighted by molar-refractivity contribution is 7.92. The van der Waals surface area contributed by atoms with Gasteiger partial charge in [0.15, 0.2) is 6.10 Å². The van der Waals surface area contributed by atoms with Crippen LogP contribution >= 0.6 is 0 Å². The minimum absolute atomic E-state index is 0.0980. The van der Waals surface area contributed by atoms with Crippen molar-refractivity contribution >= 4 is 21.6 Å². The third-order valence-electron chi connectivity index (χ3n) is 5.56. The lowest BCUT2D eigenvalue weighted by Gasteiger charge is -2.35. The van der Waals surface area contributed by atoms with Crippen LogP contribution in [0.3, 0.4) is 0 Å². The van der Waals surface area contributed by atoms with Gasteiger partial charge in [-0.25, -0.2) is 8.42 Å². The maximum atomic E-state index is 13.4. The Bertz CT molecular complexity index is 1200. The van der Waals surface area contributed by atoms with Gasteiger partial charge in [0.05, 0.1) is 17.1 Å². The van der Waals surface area contributed by atoms with Crippen LogP contribution in [0.1, 0.15) is 24.0 Å². The maximum Gasteiger partial charge on any atom is 0.264 e. The number of nitrogens with zero attached hydrogens (tertiary/aromatic N) is 1. The summed E-state index contributed by atoms with van der Waals surface area (Å²) >= 11 is 0. The Morgan fingerprint density at radius 1 is 1.06 bits per heavy atom. The van der Waals surface area contributed by atoms with Crippen molar-refractivity contribution in [2.75, 3.05) is 17.4 Å². The van der Waals surface area contributed by atoms with E-state index in [-0.39, 0.29) is 23.3 Å². The number of sulfonamides is 1. The van der Waals surface area contributed by atoms with Gasteiger partial charge >= 0.3 is 0 Å². The minimum Gasteiger partial charge on any atom is -0.476 e. The van der Waals surface area contributed by atoms with Crippen LogP contribution in [0, 0.1) is 6.92 Å². The molecule has 32 heavy (non-hydrogen) atoms. The molecule has 2 atom stereocenters. The summed E-state index contributed by atoms with van der Waals surface area (Å²) in [5.41, 5.74) is 2.46. The summed E-state index contributed by atoms with van der Waals surface area (Å²) in [4.78, 5) is 13.1. The zero-order chi connectivity index (χ0) is 22.7. The number of carbonyl (C=O) groups excluding carboxylic acids is 1. The molecule has 1 N–H and O–H groups in total.